The highest BCUT2D eigenvalue weighted by molar-refractivity contribution is 5.85. The largest absolute Gasteiger partial charge is 0.458 e. The number of hydrogen-bond acceptors (Lipinski definition) is 3. The number of carbonyl (C=O) groups is 1. The van der Waals surface area contributed by atoms with E-state index in [0.29, 0.717) is 23.4 Å². The molecule has 3 saturated carbocycles. The van der Waals surface area contributed by atoms with Gasteiger partial charge in [-0.1, -0.05) is 25.5 Å². The second-order valence-corrected chi connectivity index (χ2v) is 10.2. The SMILES string of the molecule is C[C@]12CC[C@H]3[C@@H](CC=C4C[C@@H](O)CC[C@@]43C)[C@H]1CC[C@@H]2C1=CC(=O)OC1. The van der Waals surface area contributed by atoms with Crippen molar-refractivity contribution in [1.82, 2.24) is 0 Å². The number of hydrogen-bond donors (Lipinski definition) is 1. The van der Waals surface area contributed by atoms with Crippen LogP contribution in [0, 0.1) is 34.5 Å². The first-order chi connectivity index (χ1) is 12.4. The van der Waals surface area contributed by atoms with Crippen molar-refractivity contribution in [1.29, 1.82) is 0 Å². The summed E-state index contributed by atoms with van der Waals surface area (Å²) < 4.78 is 5.24. The summed E-state index contributed by atoms with van der Waals surface area (Å²) in [7, 11) is 0. The molecule has 7 atom stereocenters. The van der Waals surface area contributed by atoms with Crippen molar-refractivity contribution < 1.29 is 14.6 Å². The third-order valence-corrected chi connectivity index (χ3v) is 9.21. The normalized spacial score (nSPS) is 50.3. The van der Waals surface area contributed by atoms with Gasteiger partial charge in [-0.3, -0.25) is 0 Å². The van der Waals surface area contributed by atoms with Crippen molar-refractivity contribution in [3.8, 4) is 0 Å². The summed E-state index contributed by atoms with van der Waals surface area (Å²) in [6.45, 7) is 5.52. The Kier molecular flexibility index (Phi) is 3.74. The van der Waals surface area contributed by atoms with E-state index in [1.165, 1.54) is 37.7 Å². The quantitative estimate of drug-likeness (QED) is 0.559. The van der Waals surface area contributed by atoms with Gasteiger partial charge in [-0.25, -0.2) is 4.79 Å². The molecule has 4 aliphatic carbocycles. The lowest BCUT2D eigenvalue weighted by Crippen LogP contribution is -2.50. The number of carbonyl (C=O) groups excluding carboxylic acids is 1. The Hall–Kier alpha value is -1.09. The van der Waals surface area contributed by atoms with Gasteiger partial charge in [0.1, 0.15) is 6.61 Å². The highest BCUT2D eigenvalue weighted by Crippen LogP contribution is 2.67. The zero-order valence-corrected chi connectivity index (χ0v) is 16.2. The van der Waals surface area contributed by atoms with E-state index in [0.717, 1.165) is 37.0 Å². The van der Waals surface area contributed by atoms with E-state index in [1.54, 1.807) is 11.6 Å². The van der Waals surface area contributed by atoms with Crippen LogP contribution in [0.2, 0.25) is 0 Å². The van der Waals surface area contributed by atoms with Gasteiger partial charge in [0.25, 0.3) is 0 Å². The smallest absolute Gasteiger partial charge is 0.331 e. The molecule has 1 heterocycles. The minimum absolute atomic E-state index is 0.123. The zero-order chi connectivity index (χ0) is 18.1. The molecule has 26 heavy (non-hydrogen) atoms. The maximum atomic E-state index is 11.6. The minimum Gasteiger partial charge on any atom is -0.458 e. The van der Waals surface area contributed by atoms with Gasteiger partial charge in [0, 0.05) is 6.08 Å². The molecule has 0 bridgehead atoms. The molecule has 0 saturated heterocycles. The molecule has 0 aromatic rings. The van der Waals surface area contributed by atoms with Crippen molar-refractivity contribution in [2.24, 2.45) is 34.5 Å². The lowest BCUT2D eigenvalue weighted by Gasteiger charge is -2.58. The predicted octanol–water partition coefficient (Wildman–Crippen LogP) is 4.41. The Balaban J connectivity index is 1.45. The Bertz CT molecular complexity index is 692. The van der Waals surface area contributed by atoms with E-state index < -0.39 is 0 Å². The molecule has 1 N–H and O–H groups in total. The lowest BCUT2D eigenvalue weighted by molar-refractivity contribution is -0.135. The first kappa shape index (κ1) is 17.0. The number of allylic oxidation sites excluding steroid dienone is 1. The van der Waals surface area contributed by atoms with Gasteiger partial charge in [-0.2, -0.15) is 0 Å². The summed E-state index contributed by atoms with van der Waals surface area (Å²) in [5, 5.41) is 10.1. The molecule has 0 aromatic heterocycles. The first-order valence-electron chi connectivity index (χ1n) is 10.7. The van der Waals surface area contributed by atoms with Crippen LogP contribution in [0.4, 0.5) is 0 Å². The Morgan fingerprint density at radius 1 is 1.12 bits per heavy atom. The summed E-state index contributed by atoms with van der Waals surface area (Å²) in [4.78, 5) is 11.6. The van der Waals surface area contributed by atoms with Crippen molar-refractivity contribution in [3.63, 3.8) is 0 Å². The van der Waals surface area contributed by atoms with Gasteiger partial charge in [0.15, 0.2) is 0 Å². The molecule has 0 radical (unpaired) electrons. The van der Waals surface area contributed by atoms with Gasteiger partial charge in [-0.15, -0.1) is 0 Å². The third kappa shape index (κ3) is 2.25. The maximum absolute atomic E-state index is 11.6. The van der Waals surface area contributed by atoms with E-state index >= 15 is 0 Å². The molecule has 3 heteroatoms. The average Bonchev–Trinajstić information content (AvgIpc) is 3.18. The highest BCUT2D eigenvalue weighted by Gasteiger charge is 2.59. The van der Waals surface area contributed by atoms with Crippen molar-refractivity contribution in [3.05, 3.63) is 23.3 Å². The zero-order valence-electron chi connectivity index (χ0n) is 16.2. The molecule has 5 aliphatic rings. The number of esters is 1. The van der Waals surface area contributed by atoms with E-state index in [9.17, 15) is 9.90 Å². The first-order valence-corrected chi connectivity index (χ1v) is 10.7. The van der Waals surface area contributed by atoms with E-state index in [-0.39, 0.29) is 12.1 Å². The van der Waals surface area contributed by atoms with Crippen LogP contribution in [0.25, 0.3) is 0 Å². The van der Waals surface area contributed by atoms with Gasteiger partial charge in [-0.05, 0) is 91.4 Å². The Morgan fingerprint density at radius 3 is 2.73 bits per heavy atom. The Labute approximate surface area is 156 Å². The van der Waals surface area contributed by atoms with E-state index in [2.05, 4.69) is 19.9 Å². The predicted molar refractivity (Wildman–Crippen MR) is 100 cm³/mol. The van der Waals surface area contributed by atoms with Crippen LogP contribution in [0.15, 0.2) is 23.3 Å². The van der Waals surface area contributed by atoms with Crippen molar-refractivity contribution in [2.45, 2.75) is 71.3 Å². The standard InChI is InChI=1S/C23H32O3/c1-22-9-7-16(24)12-15(22)3-4-17-19-6-5-18(14-11-21(25)26-13-14)23(19,2)10-8-20(17)22/h3,11,16-20,24H,4-10,12-13H2,1-2H3/t16-,17-,18+,19+,20-,22-,23+/m0/s1. The number of aliphatic hydroxyl groups excluding tert-OH is 1. The topological polar surface area (TPSA) is 46.5 Å². The van der Waals surface area contributed by atoms with E-state index in [1.807, 2.05) is 0 Å². The molecule has 5 rings (SSSR count). The van der Waals surface area contributed by atoms with Crippen molar-refractivity contribution in [2.75, 3.05) is 6.61 Å². The second-order valence-electron chi connectivity index (χ2n) is 10.2. The number of cyclic esters (lactones) is 1. The fourth-order valence-electron chi connectivity index (χ4n) is 7.84. The molecule has 0 unspecified atom stereocenters. The number of ether oxygens (including phenoxy) is 1. The molecular weight excluding hydrogens is 324 g/mol. The molecule has 3 fully saturated rings. The minimum atomic E-state index is -0.140. The molecular formula is C23H32O3. The van der Waals surface area contributed by atoms with Gasteiger partial charge < -0.3 is 9.84 Å². The van der Waals surface area contributed by atoms with Gasteiger partial charge in [0.05, 0.1) is 6.10 Å². The van der Waals surface area contributed by atoms with Crippen LogP contribution in [-0.4, -0.2) is 23.8 Å². The maximum Gasteiger partial charge on any atom is 0.331 e. The van der Waals surface area contributed by atoms with Gasteiger partial charge >= 0.3 is 5.97 Å². The molecule has 0 amide bonds. The van der Waals surface area contributed by atoms with Crippen LogP contribution >= 0.6 is 0 Å². The molecule has 142 valence electrons. The summed E-state index contributed by atoms with van der Waals surface area (Å²) in [6, 6.07) is 0. The summed E-state index contributed by atoms with van der Waals surface area (Å²) in [5.41, 5.74) is 3.45. The number of rotatable bonds is 1. The Morgan fingerprint density at radius 2 is 1.96 bits per heavy atom. The summed E-state index contributed by atoms with van der Waals surface area (Å²) >= 11 is 0. The number of fused-ring (bicyclic) bond motifs is 5. The second kappa shape index (κ2) is 5.70. The fourth-order valence-corrected chi connectivity index (χ4v) is 7.84. The van der Waals surface area contributed by atoms with Crippen LogP contribution in [0.1, 0.15) is 65.2 Å². The lowest BCUT2D eigenvalue weighted by atomic mass is 9.47. The number of aliphatic hydroxyl groups is 1. The molecule has 3 nitrogen and oxygen atoms in total. The summed E-state index contributed by atoms with van der Waals surface area (Å²) in [6.07, 6.45) is 13.5. The van der Waals surface area contributed by atoms with Crippen LogP contribution in [0.3, 0.4) is 0 Å². The molecule has 0 spiro atoms. The third-order valence-electron chi connectivity index (χ3n) is 9.21. The van der Waals surface area contributed by atoms with Crippen LogP contribution in [0.5, 0.6) is 0 Å². The fraction of sp³-hybridized carbons (Fsp3) is 0.783. The van der Waals surface area contributed by atoms with Crippen molar-refractivity contribution >= 4 is 5.97 Å². The average molecular weight is 357 g/mol. The van der Waals surface area contributed by atoms with Crippen LogP contribution in [-0.2, 0) is 9.53 Å². The molecule has 1 aliphatic heterocycles. The van der Waals surface area contributed by atoms with Gasteiger partial charge in [0.2, 0.25) is 0 Å². The van der Waals surface area contributed by atoms with Crippen LogP contribution < -0.4 is 0 Å². The molecule has 0 aromatic carbocycles. The van der Waals surface area contributed by atoms with E-state index in [4.69, 9.17) is 4.74 Å². The monoisotopic (exact) mass is 356 g/mol. The summed E-state index contributed by atoms with van der Waals surface area (Å²) in [5.74, 6) is 2.72. The highest BCUT2D eigenvalue weighted by atomic mass is 16.5.